The molecular formula is C21H19FN2O4. The molecule has 1 saturated heterocycles. The molecule has 0 N–H and O–H groups in total. The molecule has 1 amide bonds. The summed E-state index contributed by atoms with van der Waals surface area (Å²) in [5.74, 6) is -0.954. The van der Waals surface area contributed by atoms with E-state index >= 15 is 0 Å². The van der Waals surface area contributed by atoms with E-state index < -0.39 is 18.4 Å². The summed E-state index contributed by atoms with van der Waals surface area (Å²) >= 11 is 0. The number of fused-ring (bicyclic) bond motifs is 1. The number of hydrogen-bond donors (Lipinski definition) is 0. The Kier molecular flexibility index (Phi) is 5.06. The number of carbonyl (C=O) groups is 2. The van der Waals surface area contributed by atoms with Gasteiger partial charge in [0.15, 0.2) is 18.1 Å². The number of amides is 1. The maximum Gasteiger partial charge on any atom is 0.341 e. The van der Waals surface area contributed by atoms with E-state index in [1.807, 2.05) is 24.3 Å². The summed E-state index contributed by atoms with van der Waals surface area (Å²) in [6, 6.07) is 13.1. The van der Waals surface area contributed by atoms with Gasteiger partial charge in [0.2, 0.25) is 0 Å². The van der Waals surface area contributed by atoms with Gasteiger partial charge in [-0.25, -0.2) is 14.2 Å². The second-order valence-electron chi connectivity index (χ2n) is 6.73. The number of esters is 1. The number of oxazole rings is 1. The number of aromatic nitrogens is 1. The van der Waals surface area contributed by atoms with E-state index in [1.165, 1.54) is 18.2 Å². The van der Waals surface area contributed by atoms with Gasteiger partial charge in [-0.1, -0.05) is 24.3 Å². The van der Waals surface area contributed by atoms with Crippen LogP contribution in [-0.4, -0.2) is 41.5 Å². The standard InChI is InChI=1S/C21H19FN2O4/c22-16-6-2-1-5-15(16)21(26)27-13-19(25)24-11-9-14(10-12-24)20-23-17-7-3-4-8-18(17)28-20/h1-8,14H,9-13H2. The number of halogens is 1. The topological polar surface area (TPSA) is 72.6 Å². The number of carbonyl (C=O) groups excluding carboxylic acids is 2. The lowest BCUT2D eigenvalue weighted by molar-refractivity contribution is -0.135. The normalized spacial score (nSPS) is 15.0. The van der Waals surface area contributed by atoms with Gasteiger partial charge < -0.3 is 14.1 Å². The first-order valence-electron chi connectivity index (χ1n) is 9.16. The van der Waals surface area contributed by atoms with Crippen LogP contribution < -0.4 is 0 Å². The van der Waals surface area contributed by atoms with Crippen molar-refractivity contribution in [2.75, 3.05) is 19.7 Å². The average molecular weight is 382 g/mol. The summed E-state index contributed by atoms with van der Waals surface area (Å²) in [5, 5.41) is 0. The quantitative estimate of drug-likeness (QED) is 0.646. The van der Waals surface area contributed by atoms with Crippen LogP contribution in [-0.2, 0) is 9.53 Å². The maximum atomic E-state index is 13.6. The molecule has 28 heavy (non-hydrogen) atoms. The van der Waals surface area contributed by atoms with Crippen LogP contribution in [0.1, 0.15) is 35.0 Å². The van der Waals surface area contributed by atoms with E-state index in [1.54, 1.807) is 11.0 Å². The second-order valence-corrected chi connectivity index (χ2v) is 6.73. The molecule has 0 saturated carbocycles. The van der Waals surface area contributed by atoms with Gasteiger partial charge in [0.25, 0.3) is 5.91 Å². The lowest BCUT2D eigenvalue weighted by atomic mass is 9.97. The van der Waals surface area contributed by atoms with Crippen molar-refractivity contribution in [3.8, 4) is 0 Å². The smallest absolute Gasteiger partial charge is 0.341 e. The lowest BCUT2D eigenvalue weighted by Crippen LogP contribution is -2.40. The van der Waals surface area contributed by atoms with Crippen molar-refractivity contribution in [2.24, 2.45) is 0 Å². The molecule has 0 aliphatic carbocycles. The molecule has 7 heteroatoms. The van der Waals surface area contributed by atoms with Crippen LogP contribution in [0.15, 0.2) is 52.9 Å². The Morgan fingerprint density at radius 3 is 2.57 bits per heavy atom. The molecule has 0 spiro atoms. The van der Waals surface area contributed by atoms with Crippen molar-refractivity contribution in [1.29, 1.82) is 0 Å². The fraction of sp³-hybridized carbons (Fsp3) is 0.286. The zero-order valence-corrected chi connectivity index (χ0v) is 15.1. The lowest BCUT2D eigenvalue weighted by Gasteiger charge is -2.30. The summed E-state index contributed by atoms with van der Waals surface area (Å²) in [4.78, 5) is 30.4. The highest BCUT2D eigenvalue weighted by Crippen LogP contribution is 2.29. The fourth-order valence-corrected chi connectivity index (χ4v) is 3.36. The number of nitrogens with zero attached hydrogens (tertiary/aromatic N) is 2. The Bertz CT molecular complexity index is 975. The number of benzene rings is 2. The van der Waals surface area contributed by atoms with Crippen molar-refractivity contribution < 1.29 is 23.1 Å². The first-order chi connectivity index (χ1) is 13.6. The molecule has 144 valence electrons. The van der Waals surface area contributed by atoms with E-state index in [0.29, 0.717) is 19.0 Å². The minimum Gasteiger partial charge on any atom is -0.452 e. The Balaban J connectivity index is 1.30. The zero-order chi connectivity index (χ0) is 19.5. The number of rotatable bonds is 4. The van der Waals surface area contributed by atoms with E-state index in [4.69, 9.17) is 9.15 Å². The highest BCUT2D eigenvalue weighted by molar-refractivity contribution is 5.91. The molecule has 0 radical (unpaired) electrons. The highest BCUT2D eigenvalue weighted by atomic mass is 19.1. The van der Waals surface area contributed by atoms with E-state index in [-0.39, 0.29) is 17.4 Å². The summed E-state index contributed by atoms with van der Waals surface area (Å²) in [7, 11) is 0. The molecule has 0 bridgehead atoms. The first kappa shape index (κ1) is 18.2. The van der Waals surface area contributed by atoms with Crippen LogP contribution in [0, 0.1) is 5.82 Å². The van der Waals surface area contributed by atoms with Crippen LogP contribution in [0.5, 0.6) is 0 Å². The molecule has 2 heterocycles. The predicted molar refractivity (Wildman–Crippen MR) is 99.2 cm³/mol. The fourth-order valence-electron chi connectivity index (χ4n) is 3.36. The molecule has 1 aliphatic rings. The maximum absolute atomic E-state index is 13.6. The van der Waals surface area contributed by atoms with E-state index in [9.17, 15) is 14.0 Å². The summed E-state index contributed by atoms with van der Waals surface area (Å²) < 4.78 is 24.4. The number of para-hydroxylation sites is 2. The molecule has 3 aromatic rings. The van der Waals surface area contributed by atoms with Crippen LogP contribution >= 0.6 is 0 Å². The van der Waals surface area contributed by atoms with Crippen molar-refractivity contribution >= 4 is 23.0 Å². The third kappa shape index (κ3) is 3.74. The van der Waals surface area contributed by atoms with Gasteiger partial charge in [-0.2, -0.15) is 0 Å². The predicted octanol–water partition coefficient (Wildman–Crippen LogP) is 3.53. The molecule has 1 aromatic heterocycles. The minimum atomic E-state index is -0.840. The second kappa shape index (κ2) is 7.80. The molecule has 6 nitrogen and oxygen atoms in total. The Labute approximate surface area is 160 Å². The monoisotopic (exact) mass is 382 g/mol. The zero-order valence-electron chi connectivity index (χ0n) is 15.1. The Morgan fingerprint density at radius 2 is 1.82 bits per heavy atom. The van der Waals surface area contributed by atoms with Gasteiger partial charge in [0, 0.05) is 19.0 Å². The van der Waals surface area contributed by atoms with Crippen LogP contribution in [0.4, 0.5) is 4.39 Å². The third-order valence-electron chi connectivity index (χ3n) is 4.93. The molecule has 1 aliphatic heterocycles. The number of piperidine rings is 1. The van der Waals surface area contributed by atoms with Gasteiger partial charge in [-0.05, 0) is 37.1 Å². The number of likely N-dealkylation sites (tertiary alicyclic amines) is 1. The van der Waals surface area contributed by atoms with Crippen LogP contribution in [0.25, 0.3) is 11.1 Å². The van der Waals surface area contributed by atoms with E-state index in [0.717, 1.165) is 23.9 Å². The van der Waals surface area contributed by atoms with Gasteiger partial charge >= 0.3 is 5.97 Å². The molecule has 2 aromatic carbocycles. The number of ether oxygens (including phenoxy) is 1. The molecule has 1 fully saturated rings. The van der Waals surface area contributed by atoms with Gasteiger partial charge in [0.1, 0.15) is 11.3 Å². The Morgan fingerprint density at radius 1 is 1.11 bits per heavy atom. The summed E-state index contributed by atoms with van der Waals surface area (Å²) in [5.41, 5.74) is 1.41. The van der Waals surface area contributed by atoms with Crippen molar-refractivity contribution in [3.63, 3.8) is 0 Å². The molecule has 0 unspecified atom stereocenters. The Hall–Kier alpha value is -3.22. The molecule has 4 rings (SSSR count). The van der Waals surface area contributed by atoms with Crippen molar-refractivity contribution in [3.05, 3.63) is 65.8 Å². The van der Waals surface area contributed by atoms with Gasteiger partial charge in [-0.15, -0.1) is 0 Å². The van der Waals surface area contributed by atoms with Crippen molar-refractivity contribution in [1.82, 2.24) is 9.88 Å². The summed E-state index contributed by atoms with van der Waals surface area (Å²) in [6.45, 7) is 0.652. The average Bonchev–Trinajstić information content (AvgIpc) is 3.16. The van der Waals surface area contributed by atoms with Crippen molar-refractivity contribution in [2.45, 2.75) is 18.8 Å². The minimum absolute atomic E-state index is 0.150. The summed E-state index contributed by atoms with van der Waals surface area (Å²) in [6.07, 6.45) is 1.44. The first-order valence-corrected chi connectivity index (χ1v) is 9.16. The third-order valence-corrected chi connectivity index (χ3v) is 4.93. The van der Waals surface area contributed by atoms with Gasteiger partial charge in [0.05, 0.1) is 5.56 Å². The molecule has 0 atom stereocenters. The molecular weight excluding hydrogens is 363 g/mol. The van der Waals surface area contributed by atoms with Crippen LogP contribution in [0.2, 0.25) is 0 Å². The van der Waals surface area contributed by atoms with E-state index in [2.05, 4.69) is 4.98 Å². The highest BCUT2D eigenvalue weighted by Gasteiger charge is 2.27. The van der Waals surface area contributed by atoms with Gasteiger partial charge in [-0.3, -0.25) is 4.79 Å². The SMILES string of the molecule is O=C(OCC(=O)N1CCC(c2nc3ccccc3o2)CC1)c1ccccc1F. The van der Waals surface area contributed by atoms with Crippen LogP contribution in [0.3, 0.4) is 0 Å². The largest absolute Gasteiger partial charge is 0.452 e. The number of hydrogen-bond acceptors (Lipinski definition) is 5.